The SMILES string of the molecule is COC(=O)c1ccc(Cl)c(NC(=O)[C@@H]2CCN(S(C)(=O)=O)c3cc(C)ccc3O2)c1. The maximum Gasteiger partial charge on any atom is 0.337 e. The molecule has 8 nitrogen and oxygen atoms in total. The van der Waals surface area contributed by atoms with E-state index in [-0.39, 0.29) is 35.0 Å². The standard InChI is InChI=1S/C20H21ClN2O6S/c1-12-4-7-17-16(10-12)23(30(3,26)27)9-8-18(29-17)19(24)22-15-11-13(20(25)28-2)5-6-14(15)21/h4-7,10-11,18H,8-9H2,1-3H3,(H,22,24)/t18-/m0/s1. The highest BCUT2D eigenvalue weighted by molar-refractivity contribution is 7.92. The van der Waals surface area contributed by atoms with Gasteiger partial charge in [0.15, 0.2) is 6.10 Å². The molecule has 0 saturated heterocycles. The van der Waals surface area contributed by atoms with Gasteiger partial charge in [0.05, 0.1) is 35.3 Å². The molecule has 0 aromatic heterocycles. The minimum atomic E-state index is -3.56. The summed E-state index contributed by atoms with van der Waals surface area (Å²) >= 11 is 6.15. The van der Waals surface area contributed by atoms with E-state index in [1.165, 1.54) is 29.6 Å². The van der Waals surface area contributed by atoms with Crippen LogP contribution in [0.2, 0.25) is 5.02 Å². The average Bonchev–Trinajstić information content (AvgIpc) is 2.88. The number of halogens is 1. The van der Waals surface area contributed by atoms with E-state index in [1.54, 1.807) is 18.2 Å². The van der Waals surface area contributed by atoms with Gasteiger partial charge in [0.25, 0.3) is 5.91 Å². The van der Waals surface area contributed by atoms with Crippen molar-refractivity contribution >= 4 is 44.9 Å². The van der Waals surface area contributed by atoms with Crippen molar-refractivity contribution in [1.82, 2.24) is 0 Å². The Morgan fingerprint density at radius 1 is 1.23 bits per heavy atom. The third-order valence-electron chi connectivity index (χ3n) is 4.58. The van der Waals surface area contributed by atoms with Crippen molar-refractivity contribution in [3.8, 4) is 5.75 Å². The number of ether oxygens (including phenoxy) is 2. The van der Waals surface area contributed by atoms with Crippen LogP contribution < -0.4 is 14.4 Å². The molecule has 0 spiro atoms. The number of hydrogen-bond donors (Lipinski definition) is 1. The molecule has 0 fully saturated rings. The lowest BCUT2D eigenvalue weighted by Gasteiger charge is -2.21. The number of nitrogens with zero attached hydrogens (tertiary/aromatic N) is 1. The zero-order valence-electron chi connectivity index (χ0n) is 16.6. The normalized spacial score (nSPS) is 16.1. The van der Waals surface area contributed by atoms with Crippen molar-refractivity contribution in [3.05, 3.63) is 52.5 Å². The molecule has 1 aliphatic rings. The van der Waals surface area contributed by atoms with Crippen LogP contribution in [0.25, 0.3) is 0 Å². The molecule has 2 aromatic carbocycles. The number of benzene rings is 2. The summed E-state index contributed by atoms with van der Waals surface area (Å²) in [6, 6.07) is 9.47. The van der Waals surface area contributed by atoms with Crippen LogP contribution in [-0.4, -0.2) is 46.3 Å². The first-order valence-corrected chi connectivity index (χ1v) is 11.3. The Morgan fingerprint density at radius 2 is 1.97 bits per heavy atom. The van der Waals surface area contributed by atoms with E-state index in [1.807, 2.05) is 6.92 Å². The van der Waals surface area contributed by atoms with Gasteiger partial charge < -0.3 is 14.8 Å². The molecule has 0 unspecified atom stereocenters. The van der Waals surface area contributed by atoms with Gasteiger partial charge in [0.1, 0.15) is 5.75 Å². The Hall–Kier alpha value is -2.78. The zero-order valence-corrected chi connectivity index (χ0v) is 18.2. The molecule has 1 N–H and O–H groups in total. The van der Waals surface area contributed by atoms with Gasteiger partial charge in [-0.1, -0.05) is 17.7 Å². The Kier molecular flexibility index (Phi) is 6.23. The molecule has 0 bridgehead atoms. The number of rotatable bonds is 4. The van der Waals surface area contributed by atoms with Crippen molar-refractivity contribution in [3.63, 3.8) is 0 Å². The van der Waals surface area contributed by atoms with E-state index >= 15 is 0 Å². The number of hydrogen-bond acceptors (Lipinski definition) is 6. The third kappa shape index (κ3) is 4.68. The van der Waals surface area contributed by atoms with Crippen LogP contribution in [-0.2, 0) is 19.6 Å². The molecule has 1 amide bonds. The lowest BCUT2D eigenvalue weighted by atomic mass is 10.2. The molecule has 1 heterocycles. The van der Waals surface area contributed by atoms with Crippen LogP contribution in [0.3, 0.4) is 0 Å². The first kappa shape index (κ1) is 21.9. The van der Waals surface area contributed by atoms with E-state index in [0.29, 0.717) is 5.69 Å². The highest BCUT2D eigenvalue weighted by Gasteiger charge is 2.31. The fourth-order valence-corrected chi connectivity index (χ4v) is 4.20. The van der Waals surface area contributed by atoms with Gasteiger partial charge in [-0.2, -0.15) is 0 Å². The maximum absolute atomic E-state index is 12.9. The van der Waals surface area contributed by atoms with Gasteiger partial charge >= 0.3 is 5.97 Å². The fourth-order valence-electron chi connectivity index (χ4n) is 3.10. The summed E-state index contributed by atoms with van der Waals surface area (Å²) in [5.41, 5.74) is 1.70. The predicted octanol–water partition coefficient (Wildman–Crippen LogP) is 2.99. The molecule has 0 aliphatic carbocycles. The first-order chi connectivity index (χ1) is 14.1. The van der Waals surface area contributed by atoms with E-state index in [2.05, 4.69) is 10.1 Å². The summed E-state index contributed by atoms with van der Waals surface area (Å²) in [6.07, 6.45) is 0.273. The Morgan fingerprint density at radius 3 is 2.63 bits per heavy atom. The number of esters is 1. The second kappa shape index (κ2) is 8.53. The number of carbonyl (C=O) groups is 2. The maximum atomic E-state index is 12.9. The summed E-state index contributed by atoms with van der Waals surface area (Å²) in [5, 5.41) is 2.89. The molecule has 1 aliphatic heterocycles. The van der Waals surface area contributed by atoms with E-state index in [4.69, 9.17) is 16.3 Å². The molecule has 2 aromatic rings. The second-order valence-corrected chi connectivity index (χ2v) is 9.19. The predicted molar refractivity (Wildman–Crippen MR) is 114 cm³/mol. The Balaban J connectivity index is 1.88. The molecule has 0 saturated carbocycles. The third-order valence-corrected chi connectivity index (χ3v) is 6.09. The number of anilines is 2. The largest absolute Gasteiger partial charge is 0.478 e. The number of amides is 1. The number of fused-ring (bicyclic) bond motifs is 1. The van der Waals surface area contributed by atoms with Gasteiger partial charge in [-0.3, -0.25) is 9.10 Å². The van der Waals surface area contributed by atoms with Gasteiger partial charge in [0.2, 0.25) is 10.0 Å². The highest BCUT2D eigenvalue weighted by Crippen LogP contribution is 2.35. The molecule has 1 atom stereocenters. The molecule has 0 radical (unpaired) electrons. The summed E-state index contributed by atoms with van der Waals surface area (Å²) < 4.78 is 36.3. The molecular formula is C20H21ClN2O6S. The monoisotopic (exact) mass is 452 g/mol. The average molecular weight is 453 g/mol. The Bertz CT molecular complexity index is 1100. The minimum Gasteiger partial charge on any atom is -0.478 e. The van der Waals surface area contributed by atoms with E-state index in [9.17, 15) is 18.0 Å². The number of nitrogens with one attached hydrogen (secondary N) is 1. The van der Waals surface area contributed by atoms with Crippen molar-refractivity contribution in [2.75, 3.05) is 29.5 Å². The Labute approximate surface area is 179 Å². The number of aryl methyl sites for hydroxylation is 1. The topological polar surface area (TPSA) is 102 Å². The van der Waals surface area contributed by atoms with E-state index < -0.39 is 28.0 Å². The zero-order chi connectivity index (χ0) is 22.1. The van der Waals surface area contributed by atoms with Crippen molar-refractivity contribution < 1.29 is 27.5 Å². The molecular weight excluding hydrogens is 432 g/mol. The van der Waals surface area contributed by atoms with Crippen LogP contribution in [0.5, 0.6) is 5.75 Å². The van der Waals surface area contributed by atoms with Crippen LogP contribution in [0.15, 0.2) is 36.4 Å². The molecule has 30 heavy (non-hydrogen) atoms. The summed E-state index contributed by atoms with van der Waals surface area (Å²) in [4.78, 5) is 24.6. The lowest BCUT2D eigenvalue weighted by Crippen LogP contribution is -2.36. The first-order valence-electron chi connectivity index (χ1n) is 9.04. The molecule has 160 valence electrons. The summed E-state index contributed by atoms with van der Waals surface area (Å²) in [5.74, 6) is -0.792. The van der Waals surface area contributed by atoms with Crippen LogP contribution in [0, 0.1) is 6.92 Å². The van der Waals surface area contributed by atoms with E-state index in [0.717, 1.165) is 11.8 Å². The lowest BCUT2D eigenvalue weighted by molar-refractivity contribution is -0.122. The van der Waals surface area contributed by atoms with Gasteiger partial charge in [-0.05, 0) is 42.8 Å². The minimum absolute atomic E-state index is 0.0727. The molecule has 10 heteroatoms. The van der Waals surface area contributed by atoms with Crippen molar-refractivity contribution in [2.24, 2.45) is 0 Å². The molecule has 3 rings (SSSR count). The number of methoxy groups -OCH3 is 1. The van der Waals surface area contributed by atoms with Gasteiger partial charge in [-0.15, -0.1) is 0 Å². The smallest absolute Gasteiger partial charge is 0.337 e. The fraction of sp³-hybridized carbons (Fsp3) is 0.300. The van der Waals surface area contributed by atoms with Crippen LogP contribution in [0.4, 0.5) is 11.4 Å². The highest BCUT2D eigenvalue weighted by atomic mass is 35.5. The van der Waals surface area contributed by atoms with Crippen LogP contribution >= 0.6 is 11.6 Å². The number of sulfonamides is 1. The second-order valence-electron chi connectivity index (χ2n) is 6.88. The van der Waals surface area contributed by atoms with Gasteiger partial charge in [-0.25, -0.2) is 13.2 Å². The quantitative estimate of drug-likeness (QED) is 0.715. The van der Waals surface area contributed by atoms with Gasteiger partial charge in [0, 0.05) is 13.0 Å². The van der Waals surface area contributed by atoms with Crippen molar-refractivity contribution in [1.29, 1.82) is 0 Å². The summed E-state index contributed by atoms with van der Waals surface area (Å²) in [6.45, 7) is 1.91. The van der Waals surface area contributed by atoms with Crippen LogP contribution in [0.1, 0.15) is 22.3 Å². The summed E-state index contributed by atoms with van der Waals surface area (Å²) in [7, 11) is -2.31. The van der Waals surface area contributed by atoms with Crippen molar-refractivity contribution in [2.45, 2.75) is 19.4 Å². The number of carbonyl (C=O) groups excluding carboxylic acids is 2.